The molecule has 1 saturated heterocycles. The van der Waals surface area contributed by atoms with Crippen LogP contribution in [0.1, 0.15) is 6.42 Å². The zero-order valence-corrected chi connectivity index (χ0v) is 5.84. The van der Waals surface area contributed by atoms with Crippen LogP contribution in [0.5, 0.6) is 0 Å². The number of rotatable bonds is 3. The summed E-state index contributed by atoms with van der Waals surface area (Å²) in [5, 5.41) is 0. The number of nitrogens with zero attached hydrogens (tertiary/aromatic N) is 1. The Balaban J connectivity index is 2.04. The predicted octanol–water partition coefficient (Wildman–Crippen LogP) is -0.807. The zero-order chi connectivity index (χ0) is 6.69. The van der Waals surface area contributed by atoms with Gasteiger partial charge in [-0.2, -0.15) is 0 Å². The van der Waals surface area contributed by atoms with E-state index in [2.05, 4.69) is 4.18 Å². The van der Waals surface area contributed by atoms with Gasteiger partial charge in [0, 0.05) is 13.1 Å². The van der Waals surface area contributed by atoms with E-state index in [4.69, 9.17) is 0 Å². The summed E-state index contributed by atoms with van der Waals surface area (Å²) >= 11 is 0. The summed E-state index contributed by atoms with van der Waals surface area (Å²) in [6.45, 7) is 2.16. The smallest absolute Gasteiger partial charge is 0.258 e. The molecule has 9 heavy (non-hydrogen) atoms. The summed E-state index contributed by atoms with van der Waals surface area (Å²) < 4.78 is 24.0. The standard InChI is InChI=1S/C4H9NO3S/c6-9(7)8-4-5-2-1-3-5/h9H,1-4H2. The summed E-state index contributed by atoms with van der Waals surface area (Å²) in [6.07, 6.45) is 1.15. The molecular weight excluding hydrogens is 142 g/mol. The van der Waals surface area contributed by atoms with Crippen LogP contribution in [-0.2, 0) is 15.2 Å². The van der Waals surface area contributed by atoms with Gasteiger partial charge < -0.3 is 0 Å². The van der Waals surface area contributed by atoms with Crippen molar-refractivity contribution >= 4 is 11.0 Å². The first-order chi connectivity index (χ1) is 4.29. The Labute approximate surface area is 55.6 Å². The van der Waals surface area contributed by atoms with Crippen molar-refractivity contribution in [3.63, 3.8) is 0 Å². The average molecular weight is 151 g/mol. The van der Waals surface area contributed by atoms with Crippen molar-refractivity contribution in [3.05, 3.63) is 0 Å². The Morgan fingerprint density at radius 2 is 2.11 bits per heavy atom. The zero-order valence-electron chi connectivity index (χ0n) is 4.95. The molecule has 1 rings (SSSR count). The van der Waals surface area contributed by atoms with Gasteiger partial charge in [-0.25, -0.2) is 8.42 Å². The van der Waals surface area contributed by atoms with E-state index in [1.54, 1.807) is 0 Å². The molecule has 0 amide bonds. The first kappa shape index (κ1) is 6.98. The third kappa shape index (κ3) is 2.30. The number of thiol groups is 1. The Morgan fingerprint density at radius 3 is 2.44 bits per heavy atom. The molecule has 0 unspecified atom stereocenters. The lowest BCUT2D eigenvalue weighted by Crippen LogP contribution is -2.38. The topological polar surface area (TPSA) is 46.6 Å². The molecule has 0 aromatic rings. The van der Waals surface area contributed by atoms with E-state index in [0.717, 1.165) is 19.5 Å². The van der Waals surface area contributed by atoms with Crippen molar-refractivity contribution in [2.24, 2.45) is 0 Å². The second kappa shape index (κ2) is 3.14. The number of hydrogen-bond donors (Lipinski definition) is 1. The first-order valence-electron chi connectivity index (χ1n) is 2.79. The molecular formula is C4H9NO3S. The van der Waals surface area contributed by atoms with E-state index in [-0.39, 0.29) is 6.73 Å². The van der Waals surface area contributed by atoms with E-state index in [9.17, 15) is 8.42 Å². The second-order valence-electron chi connectivity index (χ2n) is 1.95. The van der Waals surface area contributed by atoms with Crippen LogP contribution in [0, 0.1) is 0 Å². The van der Waals surface area contributed by atoms with Crippen molar-refractivity contribution in [1.29, 1.82) is 0 Å². The van der Waals surface area contributed by atoms with Gasteiger partial charge in [0.2, 0.25) is 0 Å². The highest BCUT2D eigenvalue weighted by molar-refractivity contribution is 7.67. The van der Waals surface area contributed by atoms with Crippen LogP contribution in [0.4, 0.5) is 0 Å². The second-order valence-corrected chi connectivity index (χ2v) is 2.66. The molecule has 1 fully saturated rings. The molecule has 0 spiro atoms. The third-order valence-corrected chi connectivity index (χ3v) is 1.62. The van der Waals surface area contributed by atoms with E-state index in [1.165, 1.54) is 0 Å². The number of likely N-dealkylation sites (tertiary alicyclic amines) is 1. The molecule has 54 valence electrons. The Morgan fingerprint density at radius 1 is 1.44 bits per heavy atom. The molecule has 0 aliphatic carbocycles. The van der Waals surface area contributed by atoms with Crippen LogP contribution < -0.4 is 0 Å². The van der Waals surface area contributed by atoms with E-state index in [1.807, 2.05) is 4.90 Å². The minimum absolute atomic E-state index is 0.235. The molecule has 0 atom stereocenters. The molecule has 0 radical (unpaired) electrons. The molecule has 1 heterocycles. The molecule has 0 bridgehead atoms. The Kier molecular flexibility index (Phi) is 2.44. The highest BCUT2D eigenvalue weighted by Gasteiger charge is 2.12. The summed E-state index contributed by atoms with van der Waals surface area (Å²) in [7, 11) is -2.65. The van der Waals surface area contributed by atoms with Crippen molar-refractivity contribution < 1.29 is 12.6 Å². The summed E-state index contributed by atoms with van der Waals surface area (Å²) in [4.78, 5) is 1.92. The minimum Gasteiger partial charge on any atom is -0.280 e. The monoisotopic (exact) mass is 151 g/mol. The van der Waals surface area contributed by atoms with E-state index >= 15 is 0 Å². The van der Waals surface area contributed by atoms with Crippen molar-refractivity contribution in [2.75, 3.05) is 19.8 Å². The lowest BCUT2D eigenvalue weighted by Gasteiger charge is -2.28. The van der Waals surface area contributed by atoms with Gasteiger partial charge in [0.15, 0.2) is 0 Å². The lowest BCUT2D eigenvalue weighted by molar-refractivity contribution is 0.0805. The largest absolute Gasteiger partial charge is 0.280 e. The van der Waals surface area contributed by atoms with Crippen molar-refractivity contribution in [3.8, 4) is 0 Å². The summed E-state index contributed by atoms with van der Waals surface area (Å²) in [5.41, 5.74) is 0. The number of hydrogen-bond acceptors (Lipinski definition) is 4. The fourth-order valence-corrected chi connectivity index (χ4v) is 0.897. The molecule has 0 aromatic heterocycles. The average Bonchev–Trinajstić information content (AvgIpc) is 1.60. The van der Waals surface area contributed by atoms with Crippen molar-refractivity contribution in [1.82, 2.24) is 4.90 Å². The SMILES string of the molecule is O=[SH](=O)OCN1CCC1. The van der Waals surface area contributed by atoms with Gasteiger partial charge in [-0.15, -0.1) is 0 Å². The van der Waals surface area contributed by atoms with Gasteiger partial charge in [0.1, 0.15) is 6.73 Å². The highest BCUT2D eigenvalue weighted by Crippen LogP contribution is 2.03. The Hall–Kier alpha value is -0.130. The van der Waals surface area contributed by atoms with Gasteiger partial charge in [-0.05, 0) is 6.42 Å². The van der Waals surface area contributed by atoms with Gasteiger partial charge in [-0.3, -0.25) is 9.08 Å². The van der Waals surface area contributed by atoms with Gasteiger partial charge in [-0.1, -0.05) is 0 Å². The first-order valence-corrected chi connectivity index (χ1v) is 3.88. The van der Waals surface area contributed by atoms with Crippen LogP contribution in [-0.4, -0.2) is 33.1 Å². The maximum Gasteiger partial charge on any atom is 0.258 e. The molecule has 0 aromatic carbocycles. The summed E-state index contributed by atoms with van der Waals surface area (Å²) in [6, 6.07) is 0. The predicted molar refractivity (Wildman–Crippen MR) is 32.5 cm³/mol. The van der Waals surface area contributed by atoms with Crippen LogP contribution >= 0.6 is 0 Å². The van der Waals surface area contributed by atoms with Crippen LogP contribution in [0.2, 0.25) is 0 Å². The van der Waals surface area contributed by atoms with E-state index < -0.39 is 11.0 Å². The van der Waals surface area contributed by atoms with Crippen LogP contribution in [0.3, 0.4) is 0 Å². The van der Waals surface area contributed by atoms with E-state index in [0.29, 0.717) is 0 Å². The van der Waals surface area contributed by atoms with Crippen LogP contribution in [0.15, 0.2) is 0 Å². The minimum atomic E-state index is -2.65. The summed E-state index contributed by atoms with van der Waals surface area (Å²) in [5.74, 6) is 0. The van der Waals surface area contributed by atoms with Gasteiger partial charge >= 0.3 is 0 Å². The molecule has 0 saturated carbocycles. The fourth-order valence-electron chi connectivity index (χ4n) is 0.640. The third-order valence-electron chi connectivity index (χ3n) is 1.29. The molecule has 0 N–H and O–H groups in total. The molecule has 1 aliphatic rings. The highest BCUT2D eigenvalue weighted by atomic mass is 32.2. The lowest BCUT2D eigenvalue weighted by atomic mass is 10.2. The molecule has 1 aliphatic heterocycles. The fraction of sp³-hybridized carbons (Fsp3) is 1.00. The maximum atomic E-state index is 9.83. The molecule has 4 nitrogen and oxygen atoms in total. The normalized spacial score (nSPS) is 20.1. The quantitative estimate of drug-likeness (QED) is 0.536. The molecule has 5 heteroatoms. The van der Waals surface area contributed by atoms with Crippen LogP contribution in [0.25, 0.3) is 0 Å². The maximum absolute atomic E-state index is 9.83. The Bertz CT molecular complexity index is 144. The van der Waals surface area contributed by atoms with Gasteiger partial charge in [0.05, 0.1) is 0 Å². The van der Waals surface area contributed by atoms with Crippen molar-refractivity contribution in [2.45, 2.75) is 6.42 Å². The van der Waals surface area contributed by atoms with Gasteiger partial charge in [0.25, 0.3) is 11.0 Å².